The molecule has 2 rings (SSSR count). The zero-order valence-electron chi connectivity index (χ0n) is 16.6. The second kappa shape index (κ2) is 10.4. The molecule has 162 valence electrons. The molecule has 1 atom stereocenters. The standard InChI is InChI=1S/C19H27F4N5O/c1-3-24-18(27-15-6-9-28(11-15)12-19(21,22)23)26-8-7-25-17(29)14-5-4-13(2)16(20)10-14/h4-5,10,15H,3,6-9,11-12H2,1-2H3,(H,25,29)(H2,24,26,27). The number of halogens is 4. The molecule has 1 aromatic rings. The minimum absolute atomic E-state index is 0.125. The Morgan fingerprint density at radius 2 is 2.07 bits per heavy atom. The summed E-state index contributed by atoms with van der Waals surface area (Å²) in [5.74, 6) is -0.344. The average Bonchev–Trinajstić information content (AvgIpc) is 3.05. The van der Waals surface area contributed by atoms with Crippen LogP contribution in [0.4, 0.5) is 17.6 Å². The third kappa shape index (κ3) is 7.88. The molecule has 1 unspecified atom stereocenters. The van der Waals surface area contributed by atoms with Crippen LogP contribution in [0.5, 0.6) is 0 Å². The highest BCUT2D eigenvalue weighted by atomic mass is 19.4. The Kier molecular flexibility index (Phi) is 8.24. The second-order valence-corrected chi connectivity index (χ2v) is 6.96. The summed E-state index contributed by atoms with van der Waals surface area (Å²) in [7, 11) is 0. The maximum Gasteiger partial charge on any atom is 0.401 e. The van der Waals surface area contributed by atoms with Gasteiger partial charge >= 0.3 is 6.18 Å². The van der Waals surface area contributed by atoms with Crippen LogP contribution in [0.2, 0.25) is 0 Å². The molecular weight excluding hydrogens is 390 g/mol. The highest BCUT2D eigenvalue weighted by Gasteiger charge is 2.34. The highest BCUT2D eigenvalue weighted by molar-refractivity contribution is 5.94. The Hall–Kier alpha value is -2.36. The number of carbonyl (C=O) groups excluding carboxylic acids is 1. The van der Waals surface area contributed by atoms with Crippen molar-refractivity contribution in [2.24, 2.45) is 4.99 Å². The summed E-state index contributed by atoms with van der Waals surface area (Å²) in [4.78, 5) is 17.8. The molecule has 0 spiro atoms. The number of benzene rings is 1. The van der Waals surface area contributed by atoms with Crippen LogP contribution in [0.15, 0.2) is 23.2 Å². The van der Waals surface area contributed by atoms with Crippen LogP contribution < -0.4 is 16.0 Å². The predicted octanol–water partition coefficient (Wildman–Crippen LogP) is 2.06. The van der Waals surface area contributed by atoms with E-state index in [9.17, 15) is 22.4 Å². The third-order valence-electron chi connectivity index (χ3n) is 4.46. The van der Waals surface area contributed by atoms with Crippen LogP contribution in [0, 0.1) is 12.7 Å². The van der Waals surface area contributed by atoms with Crippen LogP contribution in [0.3, 0.4) is 0 Å². The van der Waals surface area contributed by atoms with E-state index in [1.54, 1.807) is 19.1 Å². The Labute approximate surface area is 167 Å². The Morgan fingerprint density at radius 3 is 2.72 bits per heavy atom. The minimum Gasteiger partial charge on any atom is -0.357 e. The summed E-state index contributed by atoms with van der Waals surface area (Å²) in [5, 5.41) is 8.84. The smallest absolute Gasteiger partial charge is 0.357 e. The number of guanidine groups is 1. The molecule has 10 heteroatoms. The van der Waals surface area contributed by atoms with E-state index in [1.807, 2.05) is 6.92 Å². The lowest BCUT2D eigenvalue weighted by molar-refractivity contribution is -0.143. The molecule has 1 heterocycles. The summed E-state index contributed by atoms with van der Waals surface area (Å²) in [6.45, 7) is 4.37. The van der Waals surface area contributed by atoms with Gasteiger partial charge in [-0.25, -0.2) is 4.39 Å². The first-order valence-electron chi connectivity index (χ1n) is 9.56. The number of nitrogens with one attached hydrogen (secondary N) is 3. The van der Waals surface area contributed by atoms with E-state index in [0.29, 0.717) is 37.6 Å². The fourth-order valence-corrected chi connectivity index (χ4v) is 3.03. The number of aliphatic imine (C=N–C) groups is 1. The summed E-state index contributed by atoms with van der Waals surface area (Å²) in [6, 6.07) is 4.15. The van der Waals surface area contributed by atoms with Crippen LogP contribution in [0.25, 0.3) is 0 Å². The van der Waals surface area contributed by atoms with E-state index in [0.717, 1.165) is 0 Å². The van der Waals surface area contributed by atoms with Gasteiger partial charge in [0.25, 0.3) is 5.91 Å². The van der Waals surface area contributed by atoms with Crippen molar-refractivity contribution < 1.29 is 22.4 Å². The van der Waals surface area contributed by atoms with Crippen molar-refractivity contribution in [3.05, 3.63) is 35.1 Å². The van der Waals surface area contributed by atoms with Gasteiger partial charge in [-0.1, -0.05) is 6.07 Å². The molecule has 1 aliphatic heterocycles. The molecule has 1 aliphatic rings. The van der Waals surface area contributed by atoms with Gasteiger partial charge in [0.05, 0.1) is 13.1 Å². The van der Waals surface area contributed by atoms with Crippen molar-refractivity contribution in [1.82, 2.24) is 20.9 Å². The maximum absolute atomic E-state index is 13.5. The molecule has 1 fully saturated rings. The topological polar surface area (TPSA) is 68.8 Å². The van der Waals surface area contributed by atoms with Gasteiger partial charge < -0.3 is 16.0 Å². The quantitative estimate of drug-likeness (QED) is 0.275. The number of likely N-dealkylation sites (tertiary alicyclic amines) is 1. The molecular formula is C19H27F4N5O. The number of hydrogen-bond donors (Lipinski definition) is 3. The lowest BCUT2D eigenvalue weighted by Crippen LogP contribution is -2.45. The fraction of sp³-hybridized carbons (Fsp3) is 0.579. The summed E-state index contributed by atoms with van der Waals surface area (Å²) < 4.78 is 51.0. The molecule has 0 radical (unpaired) electrons. The van der Waals surface area contributed by atoms with Crippen molar-refractivity contribution in [2.75, 3.05) is 39.3 Å². The van der Waals surface area contributed by atoms with E-state index < -0.39 is 24.4 Å². The number of hydrogen-bond acceptors (Lipinski definition) is 3. The Bertz CT molecular complexity index is 723. The number of rotatable bonds is 7. The molecule has 3 N–H and O–H groups in total. The molecule has 0 bridgehead atoms. The van der Waals surface area contributed by atoms with Gasteiger partial charge in [0.15, 0.2) is 5.96 Å². The van der Waals surface area contributed by atoms with E-state index in [1.165, 1.54) is 11.0 Å². The predicted molar refractivity (Wildman–Crippen MR) is 103 cm³/mol. The number of amides is 1. The van der Waals surface area contributed by atoms with Gasteiger partial charge in [0, 0.05) is 37.8 Å². The Balaban J connectivity index is 1.80. The molecule has 0 aliphatic carbocycles. The lowest BCUT2D eigenvalue weighted by Gasteiger charge is -2.19. The first kappa shape index (κ1) is 22.9. The van der Waals surface area contributed by atoms with Gasteiger partial charge in [0.2, 0.25) is 0 Å². The van der Waals surface area contributed by atoms with E-state index in [4.69, 9.17) is 0 Å². The van der Waals surface area contributed by atoms with Crippen molar-refractivity contribution in [3.63, 3.8) is 0 Å². The Morgan fingerprint density at radius 1 is 1.31 bits per heavy atom. The van der Waals surface area contributed by atoms with Crippen LogP contribution >= 0.6 is 0 Å². The maximum atomic E-state index is 13.5. The number of alkyl halides is 3. The third-order valence-corrected chi connectivity index (χ3v) is 4.46. The van der Waals surface area contributed by atoms with Crippen LogP contribution in [-0.2, 0) is 0 Å². The average molecular weight is 417 g/mol. The summed E-state index contributed by atoms with van der Waals surface area (Å²) in [5.41, 5.74) is 0.700. The van der Waals surface area contributed by atoms with Gasteiger partial charge in [-0.15, -0.1) is 0 Å². The summed E-state index contributed by atoms with van der Waals surface area (Å²) in [6.07, 6.45) is -3.61. The van der Waals surface area contributed by atoms with Gasteiger partial charge in [-0.05, 0) is 38.0 Å². The number of aryl methyl sites for hydroxylation is 1. The number of nitrogens with zero attached hydrogens (tertiary/aromatic N) is 2. The van der Waals surface area contributed by atoms with Gasteiger partial charge in [-0.3, -0.25) is 14.7 Å². The number of carbonyl (C=O) groups is 1. The second-order valence-electron chi connectivity index (χ2n) is 6.96. The van der Waals surface area contributed by atoms with Crippen molar-refractivity contribution in [3.8, 4) is 0 Å². The molecule has 6 nitrogen and oxygen atoms in total. The van der Waals surface area contributed by atoms with E-state index in [-0.39, 0.29) is 24.7 Å². The monoisotopic (exact) mass is 417 g/mol. The SMILES string of the molecule is CCNC(=NCCNC(=O)c1ccc(C)c(F)c1)NC1CCN(CC(F)(F)F)C1. The largest absolute Gasteiger partial charge is 0.401 e. The zero-order valence-corrected chi connectivity index (χ0v) is 16.6. The first-order valence-corrected chi connectivity index (χ1v) is 9.56. The van der Waals surface area contributed by atoms with Crippen molar-refractivity contribution >= 4 is 11.9 Å². The van der Waals surface area contributed by atoms with Crippen molar-refractivity contribution in [1.29, 1.82) is 0 Å². The fourth-order valence-electron chi connectivity index (χ4n) is 3.03. The molecule has 1 amide bonds. The van der Waals surface area contributed by atoms with Gasteiger partial charge in [0.1, 0.15) is 5.82 Å². The van der Waals surface area contributed by atoms with E-state index >= 15 is 0 Å². The lowest BCUT2D eigenvalue weighted by atomic mass is 10.1. The van der Waals surface area contributed by atoms with Crippen LogP contribution in [0.1, 0.15) is 29.3 Å². The molecule has 1 aromatic carbocycles. The first-order chi connectivity index (χ1) is 13.7. The molecule has 0 aromatic heterocycles. The highest BCUT2D eigenvalue weighted by Crippen LogP contribution is 2.19. The van der Waals surface area contributed by atoms with Gasteiger partial charge in [-0.2, -0.15) is 13.2 Å². The molecule has 1 saturated heterocycles. The molecule has 0 saturated carbocycles. The summed E-state index contributed by atoms with van der Waals surface area (Å²) >= 11 is 0. The van der Waals surface area contributed by atoms with Crippen molar-refractivity contribution in [2.45, 2.75) is 32.5 Å². The normalized spacial score (nSPS) is 18.0. The minimum atomic E-state index is -4.20. The van der Waals surface area contributed by atoms with Crippen LogP contribution in [-0.4, -0.2) is 68.3 Å². The zero-order chi connectivity index (χ0) is 21.4. The molecule has 29 heavy (non-hydrogen) atoms. The van der Waals surface area contributed by atoms with E-state index in [2.05, 4.69) is 20.9 Å².